The van der Waals surface area contributed by atoms with Crippen molar-refractivity contribution in [3.8, 4) is 11.5 Å². The van der Waals surface area contributed by atoms with Crippen LogP contribution in [0, 0.1) is 0 Å². The van der Waals surface area contributed by atoms with Crippen molar-refractivity contribution in [1.29, 1.82) is 0 Å². The zero-order valence-electron chi connectivity index (χ0n) is 16.6. The predicted molar refractivity (Wildman–Crippen MR) is 110 cm³/mol. The monoisotopic (exact) mass is 416 g/mol. The summed E-state index contributed by atoms with van der Waals surface area (Å²) in [5, 5.41) is 2.97. The molecule has 7 nitrogen and oxygen atoms in total. The third-order valence-corrected chi connectivity index (χ3v) is 6.48. The van der Waals surface area contributed by atoms with Crippen LogP contribution >= 0.6 is 0 Å². The second-order valence-electron chi connectivity index (χ2n) is 6.77. The summed E-state index contributed by atoms with van der Waals surface area (Å²) in [7, 11) is 0.648. The third kappa shape index (κ3) is 4.60. The molecule has 8 heteroatoms. The van der Waals surface area contributed by atoms with Crippen LogP contribution in [0.25, 0.3) is 6.08 Å². The minimum Gasteiger partial charge on any atom is -0.495 e. The van der Waals surface area contributed by atoms with Gasteiger partial charge in [0.05, 0.1) is 19.8 Å². The van der Waals surface area contributed by atoms with Gasteiger partial charge in [0.1, 0.15) is 16.4 Å². The van der Waals surface area contributed by atoms with Crippen molar-refractivity contribution in [2.75, 3.05) is 27.8 Å². The van der Waals surface area contributed by atoms with Gasteiger partial charge in [0, 0.05) is 32.2 Å². The van der Waals surface area contributed by atoms with E-state index in [0.717, 1.165) is 15.6 Å². The maximum absolute atomic E-state index is 12.5. The van der Waals surface area contributed by atoms with Crippen LogP contribution in [0.4, 0.5) is 0 Å². The number of amides is 1. The van der Waals surface area contributed by atoms with E-state index in [0.29, 0.717) is 18.6 Å². The second-order valence-corrected chi connectivity index (χ2v) is 8.89. The number of hydrogen-bond donors (Lipinski definition) is 1. The summed E-state index contributed by atoms with van der Waals surface area (Å²) in [5.74, 6) is 0.764. The molecule has 1 N–H and O–H groups in total. The molecule has 154 valence electrons. The Kier molecular flexibility index (Phi) is 6.24. The van der Waals surface area contributed by atoms with Gasteiger partial charge in [-0.3, -0.25) is 4.79 Å². The molecule has 0 spiro atoms. The number of hydrogen-bond acceptors (Lipinski definition) is 5. The smallest absolute Gasteiger partial charge is 0.246 e. The minimum atomic E-state index is -3.68. The number of fused-ring (bicyclic) bond motifs is 1. The first kappa shape index (κ1) is 20.9. The maximum atomic E-state index is 12.5. The molecule has 0 fully saturated rings. The molecule has 0 saturated heterocycles. The Morgan fingerprint density at radius 1 is 1.24 bits per heavy atom. The van der Waals surface area contributed by atoms with Gasteiger partial charge in [-0.1, -0.05) is 24.3 Å². The fourth-order valence-electron chi connectivity index (χ4n) is 3.08. The molecule has 0 radical (unpaired) electrons. The molecule has 0 bridgehead atoms. The second kappa shape index (κ2) is 8.67. The molecular weight excluding hydrogens is 392 g/mol. The van der Waals surface area contributed by atoms with E-state index in [2.05, 4.69) is 5.32 Å². The molecule has 0 aliphatic carbocycles. The van der Waals surface area contributed by atoms with Crippen LogP contribution in [0.15, 0.2) is 53.4 Å². The van der Waals surface area contributed by atoms with E-state index < -0.39 is 10.0 Å². The van der Waals surface area contributed by atoms with Gasteiger partial charge in [-0.2, -0.15) is 0 Å². The number of carbonyl (C=O) groups is 1. The molecule has 0 saturated carbocycles. The molecular formula is C21H24N2O5S. The van der Waals surface area contributed by atoms with Crippen molar-refractivity contribution in [3.05, 3.63) is 59.7 Å². The Morgan fingerprint density at radius 2 is 2.00 bits per heavy atom. The molecule has 29 heavy (non-hydrogen) atoms. The molecule has 1 aliphatic rings. The molecule has 1 amide bonds. The topological polar surface area (TPSA) is 84.9 Å². The lowest BCUT2D eigenvalue weighted by atomic mass is 10.0. The fraction of sp³-hybridized carbons (Fsp3) is 0.286. The highest BCUT2D eigenvalue weighted by Gasteiger charge is 2.23. The van der Waals surface area contributed by atoms with Crippen LogP contribution in [0.2, 0.25) is 0 Å². The lowest BCUT2D eigenvalue weighted by Gasteiger charge is -2.26. The normalized spacial score (nSPS) is 16.3. The molecule has 2 aromatic rings. The van der Waals surface area contributed by atoms with Crippen molar-refractivity contribution in [2.24, 2.45) is 0 Å². The van der Waals surface area contributed by atoms with Gasteiger partial charge in [0.15, 0.2) is 0 Å². The summed E-state index contributed by atoms with van der Waals surface area (Å²) in [6.45, 7) is 0.538. The highest BCUT2D eigenvalue weighted by Crippen LogP contribution is 2.31. The van der Waals surface area contributed by atoms with Gasteiger partial charge < -0.3 is 14.8 Å². The Morgan fingerprint density at radius 3 is 2.72 bits per heavy atom. The van der Waals surface area contributed by atoms with E-state index in [1.165, 1.54) is 33.3 Å². The Balaban J connectivity index is 1.78. The maximum Gasteiger partial charge on any atom is 0.246 e. The van der Waals surface area contributed by atoms with Crippen LogP contribution in [0.5, 0.6) is 11.5 Å². The average Bonchev–Trinajstić information content (AvgIpc) is 2.72. The van der Waals surface area contributed by atoms with Crippen molar-refractivity contribution in [3.63, 3.8) is 0 Å². The number of nitrogens with zero attached hydrogens (tertiary/aromatic N) is 1. The number of nitrogens with one attached hydrogen (secondary N) is 1. The van der Waals surface area contributed by atoms with E-state index in [1.807, 2.05) is 24.3 Å². The zero-order valence-corrected chi connectivity index (χ0v) is 17.4. The first-order chi connectivity index (χ1) is 13.8. The Hall–Kier alpha value is -2.84. The first-order valence-electron chi connectivity index (χ1n) is 9.14. The number of ether oxygens (including phenoxy) is 2. The van der Waals surface area contributed by atoms with Crippen LogP contribution in [-0.2, 0) is 14.8 Å². The van der Waals surface area contributed by atoms with E-state index in [-0.39, 0.29) is 22.6 Å². The largest absolute Gasteiger partial charge is 0.495 e. The van der Waals surface area contributed by atoms with E-state index in [1.54, 1.807) is 18.2 Å². The summed E-state index contributed by atoms with van der Waals surface area (Å²) < 4.78 is 36.9. The number of methoxy groups -OCH3 is 1. The van der Waals surface area contributed by atoms with Crippen molar-refractivity contribution < 1.29 is 22.7 Å². The van der Waals surface area contributed by atoms with Crippen molar-refractivity contribution in [1.82, 2.24) is 9.62 Å². The number of carbonyl (C=O) groups excluding carboxylic acids is 1. The summed E-state index contributed by atoms with van der Waals surface area (Å²) in [4.78, 5) is 12.5. The molecule has 0 unspecified atom stereocenters. The van der Waals surface area contributed by atoms with E-state index in [9.17, 15) is 13.2 Å². The van der Waals surface area contributed by atoms with Gasteiger partial charge in [-0.05, 0) is 29.8 Å². The van der Waals surface area contributed by atoms with Crippen LogP contribution in [0.1, 0.15) is 23.6 Å². The first-order valence-corrected chi connectivity index (χ1v) is 10.6. The van der Waals surface area contributed by atoms with Gasteiger partial charge in [0.25, 0.3) is 0 Å². The van der Waals surface area contributed by atoms with Gasteiger partial charge >= 0.3 is 0 Å². The third-order valence-electron chi connectivity index (χ3n) is 4.65. The summed E-state index contributed by atoms with van der Waals surface area (Å²) in [6.07, 6.45) is 3.66. The molecule has 2 aromatic carbocycles. The van der Waals surface area contributed by atoms with Crippen molar-refractivity contribution >= 4 is 22.0 Å². The standard InChI is InChI=1S/C21H24N2O5S/c1-23(2)29(25,26)20-14-15(8-10-19(20)27-3)9-11-21(24)22-17-12-13-28-18-7-5-4-6-16(17)18/h4-11,14,17H,12-13H2,1-3H3,(H,22,24)/b11-9+/t17-/m1/s1. The van der Waals surface area contributed by atoms with Gasteiger partial charge in [-0.15, -0.1) is 0 Å². The van der Waals surface area contributed by atoms with E-state index >= 15 is 0 Å². The lowest BCUT2D eigenvalue weighted by molar-refractivity contribution is -0.117. The number of para-hydroxylation sites is 1. The van der Waals surface area contributed by atoms with Gasteiger partial charge in [-0.25, -0.2) is 12.7 Å². The predicted octanol–water partition coefficient (Wildman–Crippen LogP) is 2.60. The van der Waals surface area contributed by atoms with Crippen LogP contribution < -0.4 is 14.8 Å². The fourth-order valence-corrected chi connectivity index (χ4v) is 4.16. The van der Waals surface area contributed by atoms with Crippen LogP contribution in [-0.4, -0.2) is 46.4 Å². The highest BCUT2D eigenvalue weighted by molar-refractivity contribution is 7.89. The summed E-state index contributed by atoms with van der Waals surface area (Å²) >= 11 is 0. The van der Waals surface area contributed by atoms with Crippen LogP contribution in [0.3, 0.4) is 0 Å². The molecule has 1 heterocycles. The molecule has 1 aliphatic heterocycles. The SMILES string of the molecule is COc1ccc(/C=C/C(=O)N[C@@H]2CCOc3ccccc32)cc1S(=O)(=O)N(C)C. The molecule has 1 atom stereocenters. The molecule has 3 rings (SSSR count). The number of sulfonamides is 1. The summed E-state index contributed by atoms with van der Waals surface area (Å²) in [6, 6.07) is 12.3. The zero-order chi connectivity index (χ0) is 21.0. The molecule has 0 aromatic heterocycles. The van der Waals surface area contributed by atoms with Crippen molar-refractivity contribution in [2.45, 2.75) is 17.4 Å². The number of benzene rings is 2. The average molecular weight is 416 g/mol. The quantitative estimate of drug-likeness (QED) is 0.732. The summed E-state index contributed by atoms with van der Waals surface area (Å²) in [5.41, 5.74) is 1.53. The lowest BCUT2D eigenvalue weighted by Crippen LogP contribution is -2.30. The van der Waals surface area contributed by atoms with E-state index in [4.69, 9.17) is 9.47 Å². The Labute approximate surface area is 171 Å². The highest BCUT2D eigenvalue weighted by atomic mass is 32.2. The number of rotatable bonds is 6. The Bertz CT molecular complexity index is 1030. The minimum absolute atomic E-state index is 0.0471. The van der Waals surface area contributed by atoms with Gasteiger partial charge in [0.2, 0.25) is 15.9 Å².